The fraction of sp³-hybridized carbons (Fsp3) is 0.529. The third-order valence-corrected chi connectivity index (χ3v) is 5.70. The highest BCUT2D eigenvalue weighted by atomic mass is 32.2. The predicted molar refractivity (Wildman–Crippen MR) is 98.2 cm³/mol. The van der Waals surface area contributed by atoms with Gasteiger partial charge in [-0.1, -0.05) is 24.6 Å². The second-order valence-corrected chi connectivity index (χ2v) is 7.92. The number of urea groups is 1. The number of aryl methyl sites for hydroxylation is 1. The zero-order chi connectivity index (χ0) is 19.2. The summed E-state index contributed by atoms with van der Waals surface area (Å²) in [6, 6.07) is 5.34. The molecule has 0 unspecified atom stereocenters. The average Bonchev–Trinajstić information content (AvgIpc) is 2.61. The van der Waals surface area contributed by atoms with Crippen LogP contribution >= 0.6 is 0 Å². The molecule has 1 fully saturated rings. The van der Waals surface area contributed by atoms with Crippen molar-refractivity contribution in [3.8, 4) is 0 Å². The summed E-state index contributed by atoms with van der Waals surface area (Å²) in [4.78, 5) is 28.0. The van der Waals surface area contributed by atoms with Gasteiger partial charge in [0.15, 0.2) is 0 Å². The van der Waals surface area contributed by atoms with Gasteiger partial charge in [-0.3, -0.25) is 4.79 Å². The first-order chi connectivity index (χ1) is 12.3. The Labute approximate surface area is 154 Å². The lowest BCUT2D eigenvalue weighted by atomic mass is 10.2. The summed E-state index contributed by atoms with van der Waals surface area (Å²) < 4.78 is 26.2. The molecular weight excluding hydrogens is 356 g/mol. The number of carbonyl (C=O) groups is 2. The molecule has 0 aliphatic carbocycles. The number of likely N-dealkylation sites (N-methyl/N-ethyl adjacent to an activating group) is 1. The van der Waals surface area contributed by atoms with Crippen molar-refractivity contribution in [1.29, 1.82) is 0 Å². The number of carbonyl (C=O) groups excluding carboxylic acids is 2. The molecule has 3 amide bonds. The molecule has 26 heavy (non-hydrogen) atoms. The third kappa shape index (κ3) is 5.70. The molecule has 0 spiro atoms. The van der Waals surface area contributed by atoms with Gasteiger partial charge in [-0.15, -0.1) is 0 Å². The highest BCUT2D eigenvalue weighted by molar-refractivity contribution is 7.90. The maximum absolute atomic E-state index is 12.1. The molecule has 1 aromatic rings. The second kappa shape index (κ2) is 9.00. The first-order valence-corrected chi connectivity index (χ1v) is 10.2. The summed E-state index contributed by atoms with van der Waals surface area (Å²) in [5.41, 5.74) is 0.923. The summed E-state index contributed by atoms with van der Waals surface area (Å²) in [7, 11) is -3.92. The maximum Gasteiger partial charge on any atom is 0.328 e. The van der Waals surface area contributed by atoms with Gasteiger partial charge in [0.1, 0.15) is 0 Å². The number of nitrogens with one attached hydrogen (secondary N) is 2. The molecule has 1 heterocycles. The lowest BCUT2D eigenvalue weighted by Gasteiger charge is -2.34. The molecule has 9 heteroatoms. The first kappa shape index (κ1) is 20.2. The van der Waals surface area contributed by atoms with Gasteiger partial charge in [-0.2, -0.15) is 0 Å². The van der Waals surface area contributed by atoms with Crippen LogP contribution in [0.1, 0.15) is 18.9 Å². The average molecular weight is 382 g/mol. The fourth-order valence-corrected chi connectivity index (χ4v) is 3.62. The quantitative estimate of drug-likeness (QED) is 0.748. The minimum atomic E-state index is -3.92. The van der Waals surface area contributed by atoms with E-state index in [9.17, 15) is 18.0 Å². The number of hydrogen-bond acceptors (Lipinski definition) is 5. The van der Waals surface area contributed by atoms with Crippen LogP contribution in [-0.4, -0.2) is 69.4 Å². The van der Waals surface area contributed by atoms with E-state index in [-0.39, 0.29) is 23.8 Å². The van der Waals surface area contributed by atoms with E-state index in [0.717, 1.165) is 25.2 Å². The number of amides is 3. The molecule has 0 bridgehead atoms. The molecule has 0 aromatic heterocycles. The molecule has 144 valence electrons. The number of hydrogen-bond donors (Lipinski definition) is 2. The zero-order valence-electron chi connectivity index (χ0n) is 15.2. The van der Waals surface area contributed by atoms with Crippen LogP contribution in [0.5, 0.6) is 0 Å². The van der Waals surface area contributed by atoms with E-state index in [1.54, 1.807) is 17.0 Å². The van der Waals surface area contributed by atoms with Gasteiger partial charge < -0.3 is 15.1 Å². The highest BCUT2D eigenvalue weighted by Crippen LogP contribution is 2.09. The summed E-state index contributed by atoms with van der Waals surface area (Å²) in [6.45, 7) is 8.05. The number of piperazine rings is 1. The van der Waals surface area contributed by atoms with Crippen LogP contribution in [0.2, 0.25) is 0 Å². The van der Waals surface area contributed by atoms with Crippen molar-refractivity contribution in [2.24, 2.45) is 0 Å². The van der Waals surface area contributed by atoms with Crippen molar-refractivity contribution >= 4 is 22.0 Å². The van der Waals surface area contributed by atoms with Gasteiger partial charge in [0, 0.05) is 39.1 Å². The lowest BCUT2D eigenvalue weighted by Crippen LogP contribution is -2.49. The van der Waals surface area contributed by atoms with Crippen molar-refractivity contribution in [1.82, 2.24) is 19.8 Å². The van der Waals surface area contributed by atoms with E-state index in [1.807, 2.05) is 11.6 Å². The third-order valence-electron chi connectivity index (χ3n) is 4.35. The van der Waals surface area contributed by atoms with Crippen LogP contribution in [0, 0.1) is 6.92 Å². The Morgan fingerprint density at radius 3 is 2.27 bits per heavy atom. The molecule has 0 saturated carbocycles. The molecule has 1 aliphatic rings. The Morgan fingerprint density at radius 2 is 1.69 bits per heavy atom. The molecule has 0 atom stereocenters. The Balaban J connectivity index is 1.75. The molecule has 1 aliphatic heterocycles. The van der Waals surface area contributed by atoms with Gasteiger partial charge in [-0.25, -0.2) is 17.9 Å². The minimum Gasteiger partial charge on any atom is -0.340 e. The molecule has 1 saturated heterocycles. The Hall–Kier alpha value is -2.13. The predicted octanol–water partition coefficient (Wildman–Crippen LogP) is 0.537. The van der Waals surface area contributed by atoms with Crippen molar-refractivity contribution < 1.29 is 18.0 Å². The smallest absolute Gasteiger partial charge is 0.328 e. The zero-order valence-corrected chi connectivity index (χ0v) is 16.0. The Morgan fingerprint density at radius 1 is 1.08 bits per heavy atom. The topological polar surface area (TPSA) is 98.8 Å². The van der Waals surface area contributed by atoms with Gasteiger partial charge >= 0.3 is 6.03 Å². The lowest BCUT2D eigenvalue weighted by molar-refractivity contribution is -0.132. The molecular formula is C17H26N4O4S. The monoisotopic (exact) mass is 382 g/mol. The number of nitrogens with zero attached hydrogens (tertiary/aromatic N) is 2. The molecule has 2 N–H and O–H groups in total. The van der Waals surface area contributed by atoms with E-state index in [1.165, 1.54) is 12.1 Å². The summed E-state index contributed by atoms with van der Waals surface area (Å²) >= 11 is 0. The maximum atomic E-state index is 12.1. The van der Waals surface area contributed by atoms with Crippen molar-refractivity contribution in [3.63, 3.8) is 0 Å². The first-order valence-electron chi connectivity index (χ1n) is 8.69. The van der Waals surface area contributed by atoms with Gasteiger partial charge in [0.05, 0.1) is 4.90 Å². The summed E-state index contributed by atoms with van der Waals surface area (Å²) in [5.74, 6) is -0.0394. The van der Waals surface area contributed by atoms with Crippen LogP contribution in [0.3, 0.4) is 0 Å². The van der Waals surface area contributed by atoms with Crippen LogP contribution in [0.15, 0.2) is 29.2 Å². The van der Waals surface area contributed by atoms with Crippen LogP contribution in [0.25, 0.3) is 0 Å². The van der Waals surface area contributed by atoms with E-state index in [0.29, 0.717) is 13.1 Å². The van der Waals surface area contributed by atoms with Crippen LogP contribution in [-0.2, 0) is 14.8 Å². The van der Waals surface area contributed by atoms with Crippen molar-refractivity contribution in [2.45, 2.75) is 25.2 Å². The molecule has 2 rings (SSSR count). The minimum absolute atomic E-state index is 0.0168. The van der Waals surface area contributed by atoms with E-state index in [4.69, 9.17) is 0 Å². The standard InChI is InChI=1S/C17H26N4O4S/c1-3-20-10-12-21(13-11-20)16(22)8-9-18-17(23)19-26(24,25)15-6-4-14(2)5-7-15/h4-7H,3,8-13H2,1-2H3,(H2,18,19,23). The largest absolute Gasteiger partial charge is 0.340 e. The van der Waals surface area contributed by atoms with Crippen molar-refractivity contribution in [2.75, 3.05) is 39.3 Å². The highest BCUT2D eigenvalue weighted by Gasteiger charge is 2.21. The normalized spacial score (nSPS) is 15.5. The van der Waals surface area contributed by atoms with Gasteiger partial charge in [0.2, 0.25) is 5.91 Å². The van der Waals surface area contributed by atoms with Crippen LogP contribution in [0.4, 0.5) is 4.79 Å². The van der Waals surface area contributed by atoms with Crippen LogP contribution < -0.4 is 10.0 Å². The fourth-order valence-electron chi connectivity index (χ4n) is 2.69. The van der Waals surface area contributed by atoms with E-state index >= 15 is 0 Å². The Kier molecular flexibility index (Phi) is 6.98. The van der Waals surface area contributed by atoms with Crippen molar-refractivity contribution in [3.05, 3.63) is 29.8 Å². The molecule has 8 nitrogen and oxygen atoms in total. The number of sulfonamides is 1. The van der Waals surface area contributed by atoms with Gasteiger partial charge in [0.25, 0.3) is 10.0 Å². The van der Waals surface area contributed by atoms with E-state index in [2.05, 4.69) is 17.1 Å². The SMILES string of the molecule is CCN1CCN(C(=O)CCNC(=O)NS(=O)(=O)c2ccc(C)cc2)CC1. The molecule has 0 radical (unpaired) electrons. The molecule has 1 aromatic carbocycles. The summed E-state index contributed by atoms with van der Waals surface area (Å²) in [5, 5.41) is 2.42. The second-order valence-electron chi connectivity index (χ2n) is 6.24. The van der Waals surface area contributed by atoms with Gasteiger partial charge in [-0.05, 0) is 25.6 Å². The Bertz CT molecular complexity index is 726. The number of benzene rings is 1. The summed E-state index contributed by atoms with van der Waals surface area (Å²) in [6.07, 6.45) is 0.143. The number of rotatable bonds is 6. The van der Waals surface area contributed by atoms with E-state index < -0.39 is 16.1 Å².